The Morgan fingerprint density at radius 2 is 0.609 bits per heavy atom. The summed E-state index contributed by atoms with van der Waals surface area (Å²) in [5, 5.41) is 0. The summed E-state index contributed by atoms with van der Waals surface area (Å²) in [6, 6.07) is 102. The summed E-state index contributed by atoms with van der Waals surface area (Å²) in [5.41, 5.74) is 25.0. The zero-order valence-electron chi connectivity index (χ0n) is 37.9. The van der Waals surface area contributed by atoms with Gasteiger partial charge in [0.15, 0.2) is 0 Å². The van der Waals surface area contributed by atoms with E-state index in [9.17, 15) is 0 Å². The van der Waals surface area contributed by atoms with Crippen molar-refractivity contribution >= 4 is 17.1 Å². The molecule has 2 spiro atoms. The van der Waals surface area contributed by atoms with Crippen molar-refractivity contribution in [1.29, 1.82) is 0 Å². The van der Waals surface area contributed by atoms with Gasteiger partial charge in [0.2, 0.25) is 0 Å². The van der Waals surface area contributed by atoms with E-state index in [2.05, 4.69) is 278 Å². The average Bonchev–Trinajstić information content (AvgIpc) is 3.90. The van der Waals surface area contributed by atoms with E-state index in [1.165, 1.54) is 89.0 Å². The lowest BCUT2D eigenvalue weighted by Gasteiger charge is -2.48. The fraction of sp³-hybridized carbons (Fsp3) is 0.0294. The molecule has 0 amide bonds. The summed E-state index contributed by atoms with van der Waals surface area (Å²) >= 11 is 0. The zero-order chi connectivity index (χ0) is 45.5. The average molecular weight is 876 g/mol. The van der Waals surface area contributed by atoms with Crippen LogP contribution in [0.25, 0.3) is 55.6 Å². The molecule has 14 rings (SSSR count). The van der Waals surface area contributed by atoms with E-state index >= 15 is 0 Å². The summed E-state index contributed by atoms with van der Waals surface area (Å²) in [4.78, 5) is 2.55. The molecular formula is C68H45N. The molecule has 0 aromatic heterocycles. The maximum absolute atomic E-state index is 2.55. The Hall–Kier alpha value is -8.78. The van der Waals surface area contributed by atoms with Gasteiger partial charge in [-0.2, -0.15) is 0 Å². The summed E-state index contributed by atoms with van der Waals surface area (Å²) in [7, 11) is 0. The summed E-state index contributed by atoms with van der Waals surface area (Å²) < 4.78 is 0. The summed E-state index contributed by atoms with van der Waals surface area (Å²) in [6.45, 7) is 0. The van der Waals surface area contributed by atoms with Crippen molar-refractivity contribution in [2.45, 2.75) is 10.8 Å². The smallest absolute Gasteiger partial charge is 0.0720 e. The van der Waals surface area contributed by atoms with E-state index < -0.39 is 10.8 Å². The number of hydrogen-bond acceptors (Lipinski definition) is 1. The fourth-order valence-electron chi connectivity index (χ4n) is 12.7. The molecule has 11 aromatic carbocycles. The SMILES string of the molecule is c1ccc(-c2cccc(N(c3ccc(-c4ccccc4)cc3-c3ccccc3)c3cccc4c3-c3ccccc3C43c4ccccc4C4(c5ccccc5-c5ccccc54)c4ccccc43)c2)cc1. The molecule has 0 saturated heterocycles. The molecule has 11 aromatic rings. The van der Waals surface area contributed by atoms with Crippen LogP contribution >= 0.6 is 0 Å². The number of benzene rings is 11. The third-order valence-electron chi connectivity index (χ3n) is 15.4. The van der Waals surface area contributed by atoms with Crippen LogP contribution in [0.5, 0.6) is 0 Å². The second-order valence-electron chi connectivity index (χ2n) is 18.6. The van der Waals surface area contributed by atoms with Crippen molar-refractivity contribution in [3.63, 3.8) is 0 Å². The minimum atomic E-state index is -0.621. The van der Waals surface area contributed by atoms with Gasteiger partial charge in [-0.3, -0.25) is 0 Å². The first-order valence-electron chi connectivity index (χ1n) is 24.1. The molecule has 0 radical (unpaired) electrons. The molecule has 0 aliphatic heterocycles. The van der Waals surface area contributed by atoms with Crippen LogP contribution < -0.4 is 4.90 Å². The standard InChI is InChI=1S/C68H45N/c1-4-22-46(23-5-1)49-28-20-29-51(44-49)69(64-43-42-50(47-24-6-2-7-25-47)45-55(64)48-26-8-3-9-27-48)65-41-21-40-63-66(65)54-32-12-15-35-58(54)68(63)61-38-18-16-36-59(61)67(60-37-17-19-39-62(60)68)56-33-13-10-30-52(56)53-31-11-14-34-57(53)67/h1-45H. The quantitative estimate of drug-likeness (QED) is 0.161. The van der Waals surface area contributed by atoms with Crippen LogP contribution in [0.2, 0.25) is 0 Å². The van der Waals surface area contributed by atoms with Crippen molar-refractivity contribution in [2.75, 3.05) is 4.90 Å². The van der Waals surface area contributed by atoms with Crippen LogP contribution in [-0.2, 0) is 10.8 Å². The van der Waals surface area contributed by atoms with Gasteiger partial charge in [-0.05, 0) is 119 Å². The minimum absolute atomic E-state index is 0.504. The second-order valence-corrected chi connectivity index (χ2v) is 18.6. The molecule has 1 nitrogen and oxygen atoms in total. The highest BCUT2D eigenvalue weighted by Crippen LogP contribution is 2.68. The van der Waals surface area contributed by atoms with Crippen molar-refractivity contribution < 1.29 is 0 Å². The van der Waals surface area contributed by atoms with Crippen LogP contribution in [0, 0.1) is 0 Å². The van der Waals surface area contributed by atoms with Crippen molar-refractivity contribution in [2.24, 2.45) is 0 Å². The maximum Gasteiger partial charge on any atom is 0.0720 e. The Balaban J connectivity index is 1.09. The summed E-state index contributed by atoms with van der Waals surface area (Å²) in [5.74, 6) is 0. The molecule has 1 heteroatoms. The topological polar surface area (TPSA) is 3.24 Å². The highest BCUT2D eigenvalue weighted by atomic mass is 15.1. The predicted molar refractivity (Wildman–Crippen MR) is 286 cm³/mol. The first-order chi connectivity index (χ1) is 34.3. The highest BCUT2D eigenvalue weighted by molar-refractivity contribution is 6.02. The monoisotopic (exact) mass is 875 g/mol. The van der Waals surface area contributed by atoms with Gasteiger partial charge in [-0.1, -0.05) is 243 Å². The number of hydrogen-bond donors (Lipinski definition) is 0. The van der Waals surface area contributed by atoms with Crippen LogP contribution in [0.3, 0.4) is 0 Å². The van der Waals surface area contributed by atoms with E-state index in [0.29, 0.717) is 0 Å². The lowest BCUT2D eigenvalue weighted by Crippen LogP contribution is -2.43. The van der Waals surface area contributed by atoms with E-state index in [-0.39, 0.29) is 0 Å². The second kappa shape index (κ2) is 15.4. The molecule has 0 saturated carbocycles. The van der Waals surface area contributed by atoms with Gasteiger partial charge in [0.25, 0.3) is 0 Å². The third kappa shape index (κ3) is 5.53. The molecular weight excluding hydrogens is 831 g/mol. The molecule has 0 fully saturated rings. The van der Waals surface area contributed by atoms with Gasteiger partial charge in [0, 0.05) is 16.8 Å². The van der Waals surface area contributed by atoms with Gasteiger partial charge in [-0.25, -0.2) is 0 Å². The van der Waals surface area contributed by atoms with Crippen LogP contribution in [0.15, 0.2) is 273 Å². The lowest BCUT2D eigenvalue weighted by molar-refractivity contribution is 0.633. The van der Waals surface area contributed by atoms with Crippen molar-refractivity contribution in [3.05, 3.63) is 317 Å². The number of nitrogens with zero attached hydrogens (tertiary/aromatic N) is 1. The predicted octanol–water partition coefficient (Wildman–Crippen LogP) is 17.2. The normalized spacial score (nSPS) is 13.7. The van der Waals surface area contributed by atoms with E-state index in [4.69, 9.17) is 0 Å². The van der Waals surface area contributed by atoms with E-state index in [1.807, 2.05) is 0 Å². The molecule has 0 N–H and O–H groups in total. The van der Waals surface area contributed by atoms with E-state index in [1.54, 1.807) is 0 Å². The first-order valence-corrected chi connectivity index (χ1v) is 24.1. The third-order valence-corrected chi connectivity index (χ3v) is 15.4. The fourth-order valence-corrected chi connectivity index (χ4v) is 12.7. The van der Waals surface area contributed by atoms with Gasteiger partial charge in [0.1, 0.15) is 0 Å². The van der Waals surface area contributed by atoms with Crippen LogP contribution in [-0.4, -0.2) is 0 Å². The van der Waals surface area contributed by atoms with E-state index in [0.717, 1.165) is 28.2 Å². The number of rotatable bonds is 6. The Labute approximate surface area is 403 Å². The Bertz CT molecular complexity index is 3700. The maximum atomic E-state index is 2.55. The number of anilines is 3. The molecule has 0 heterocycles. The van der Waals surface area contributed by atoms with Gasteiger partial charge < -0.3 is 4.90 Å². The van der Waals surface area contributed by atoms with Crippen LogP contribution in [0.4, 0.5) is 17.1 Å². The van der Waals surface area contributed by atoms with Gasteiger partial charge >= 0.3 is 0 Å². The first kappa shape index (κ1) is 39.4. The number of fused-ring (bicyclic) bond motifs is 16. The Kier molecular flexibility index (Phi) is 8.78. The molecule has 69 heavy (non-hydrogen) atoms. The Morgan fingerprint density at radius 3 is 1.16 bits per heavy atom. The van der Waals surface area contributed by atoms with Crippen molar-refractivity contribution in [3.8, 4) is 55.6 Å². The lowest BCUT2D eigenvalue weighted by atomic mass is 9.52. The highest BCUT2D eigenvalue weighted by Gasteiger charge is 2.59. The van der Waals surface area contributed by atoms with Gasteiger partial charge in [0.05, 0.1) is 22.2 Å². The van der Waals surface area contributed by atoms with Crippen LogP contribution in [0.1, 0.15) is 44.5 Å². The molecule has 3 aliphatic carbocycles. The zero-order valence-corrected chi connectivity index (χ0v) is 37.9. The molecule has 322 valence electrons. The minimum Gasteiger partial charge on any atom is -0.309 e. The molecule has 0 atom stereocenters. The largest absolute Gasteiger partial charge is 0.309 e. The van der Waals surface area contributed by atoms with Gasteiger partial charge in [-0.15, -0.1) is 0 Å². The molecule has 0 bridgehead atoms. The molecule has 0 unspecified atom stereocenters. The Morgan fingerprint density at radius 1 is 0.217 bits per heavy atom. The summed E-state index contributed by atoms with van der Waals surface area (Å²) in [6.07, 6.45) is 0. The van der Waals surface area contributed by atoms with Crippen molar-refractivity contribution in [1.82, 2.24) is 0 Å². The molecule has 3 aliphatic rings.